The van der Waals surface area contributed by atoms with Gasteiger partial charge >= 0.3 is 0 Å². The van der Waals surface area contributed by atoms with Crippen molar-refractivity contribution in [2.24, 2.45) is 0 Å². The van der Waals surface area contributed by atoms with E-state index in [1.54, 1.807) is 7.11 Å². The minimum Gasteiger partial charge on any atom is -0.495 e. The first-order chi connectivity index (χ1) is 13.6. The number of aryl methyl sites for hydroxylation is 1. The van der Waals surface area contributed by atoms with Gasteiger partial charge in [0.1, 0.15) is 11.5 Å². The predicted octanol–water partition coefficient (Wildman–Crippen LogP) is 4.16. The van der Waals surface area contributed by atoms with Crippen molar-refractivity contribution in [2.45, 2.75) is 19.8 Å². The zero-order valence-electron chi connectivity index (χ0n) is 16.5. The molecule has 0 unspecified atom stereocenters. The monoisotopic (exact) mass is 402 g/mol. The standard InChI is InChI=1S/C22H27ClN2O3/c1-17-16-18(23)9-10-20(17)28-15-5-8-22(26)25-13-11-24(12-14-25)19-6-3-4-7-21(19)27-2/h3-4,6-7,9-10,16H,5,8,11-15H2,1-2H3. The predicted molar refractivity (Wildman–Crippen MR) is 113 cm³/mol. The van der Waals surface area contributed by atoms with Gasteiger partial charge in [0.25, 0.3) is 0 Å². The van der Waals surface area contributed by atoms with Crippen molar-refractivity contribution in [3.63, 3.8) is 0 Å². The Morgan fingerprint density at radius 2 is 1.82 bits per heavy atom. The van der Waals surface area contributed by atoms with Crippen LogP contribution in [-0.4, -0.2) is 50.7 Å². The van der Waals surface area contributed by atoms with Crippen LogP contribution in [0.3, 0.4) is 0 Å². The zero-order chi connectivity index (χ0) is 19.9. The van der Waals surface area contributed by atoms with Gasteiger partial charge in [0.15, 0.2) is 0 Å². The number of anilines is 1. The number of amides is 1. The van der Waals surface area contributed by atoms with Crippen molar-refractivity contribution >= 4 is 23.2 Å². The second-order valence-electron chi connectivity index (χ2n) is 6.90. The van der Waals surface area contributed by atoms with Crippen molar-refractivity contribution in [1.29, 1.82) is 0 Å². The third-order valence-corrected chi connectivity index (χ3v) is 5.22. The van der Waals surface area contributed by atoms with Gasteiger partial charge in [0, 0.05) is 37.6 Å². The Bertz CT molecular complexity index is 804. The maximum atomic E-state index is 12.5. The topological polar surface area (TPSA) is 42.0 Å². The molecule has 0 atom stereocenters. The number of hydrogen-bond acceptors (Lipinski definition) is 4. The van der Waals surface area contributed by atoms with Crippen LogP contribution in [0.1, 0.15) is 18.4 Å². The third-order valence-electron chi connectivity index (χ3n) is 4.99. The third kappa shape index (κ3) is 5.10. The van der Waals surface area contributed by atoms with Crippen LogP contribution in [0.2, 0.25) is 5.02 Å². The Labute approximate surface area is 171 Å². The average molecular weight is 403 g/mol. The highest BCUT2D eigenvalue weighted by Gasteiger charge is 2.22. The molecule has 0 saturated carbocycles. The minimum atomic E-state index is 0.191. The molecule has 0 bridgehead atoms. The molecule has 0 aliphatic carbocycles. The maximum Gasteiger partial charge on any atom is 0.222 e. The summed E-state index contributed by atoms with van der Waals surface area (Å²) in [5.74, 6) is 1.88. The summed E-state index contributed by atoms with van der Waals surface area (Å²) in [6.07, 6.45) is 1.20. The van der Waals surface area contributed by atoms with E-state index in [4.69, 9.17) is 21.1 Å². The molecule has 1 fully saturated rings. The summed E-state index contributed by atoms with van der Waals surface area (Å²) in [6.45, 7) is 5.57. The second kappa shape index (κ2) is 9.69. The molecule has 1 heterocycles. The largest absolute Gasteiger partial charge is 0.495 e. The molecule has 28 heavy (non-hydrogen) atoms. The normalized spacial score (nSPS) is 14.1. The molecule has 5 nitrogen and oxygen atoms in total. The highest BCUT2D eigenvalue weighted by atomic mass is 35.5. The van der Waals surface area contributed by atoms with Crippen LogP contribution < -0.4 is 14.4 Å². The van der Waals surface area contributed by atoms with E-state index in [0.717, 1.165) is 48.9 Å². The van der Waals surface area contributed by atoms with Gasteiger partial charge < -0.3 is 19.3 Å². The lowest BCUT2D eigenvalue weighted by atomic mass is 10.2. The number of halogens is 1. The summed E-state index contributed by atoms with van der Waals surface area (Å²) >= 11 is 5.96. The summed E-state index contributed by atoms with van der Waals surface area (Å²) in [6, 6.07) is 13.6. The summed E-state index contributed by atoms with van der Waals surface area (Å²) in [5, 5.41) is 0.701. The van der Waals surface area contributed by atoms with Gasteiger partial charge in [-0.2, -0.15) is 0 Å². The number of methoxy groups -OCH3 is 1. The highest BCUT2D eigenvalue weighted by Crippen LogP contribution is 2.28. The Morgan fingerprint density at radius 1 is 1.07 bits per heavy atom. The van der Waals surface area contributed by atoms with Crippen LogP contribution >= 0.6 is 11.6 Å². The molecule has 1 amide bonds. The molecular formula is C22H27ClN2O3. The number of nitrogens with zero attached hydrogens (tertiary/aromatic N) is 2. The second-order valence-corrected chi connectivity index (χ2v) is 7.34. The Balaban J connectivity index is 1.41. The quantitative estimate of drug-likeness (QED) is 0.652. The fraction of sp³-hybridized carbons (Fsp3) is 0.409. The molecular weight excluding hydrogens is 376 g/mol. The minimum absolute atomic E-state index is 0.191. The van der Waals surface area contributed by atoms with Gasteiger partial charge in [-0.15, -0.1) is 0 Å². The Hall–Kier alpha value is -2.40. The van der Waals surface area contributed by atoms with Crippen LogP contribution in [0.25, 0.3) is 0 Å². The number of ether oxygens (including phenoxy) is 2. The van der Waals surface area contributed by atoms with Crippen molar-refractivity contribution in [3.05, 3.63) is 53.1 Å². The number of carbonyl (C=O) groups excluding carboxylic acids is 1. The van der Waals surface area contributed by atoms with E-state index in [9.17, 15) is 4.79 Å². The van der Waals surface area contributed by atoms with Crippen LogP contribution in [0, 0.1) is 6.92 Å². The lowest BCUT2D eigenvalue weighted by Gasteiger charge is -2.36. The summed E-state index contributed by atoms with van der Waals surface area (Å²) < 4.78 is 11.2. The Kier molecular flexibility index (Phi) is 7.04. The molecule has 0 spiro atoms. The highest BCUT2D eigenvalue weighted by molar-refractivity contribution is 6.30. The van der Waals surface area contributed by atoms with Gasteiger partial charge in [0.05, 0.1) is 19.4 Å². The number of benzene rings is 2. The molecule has 0 aromatic heterocycles. The maximum absolute atomic E-state index is 12.5. The first-order valence-electron chi connectivity index (χ1n) is 9.63. The number of rotatable bonds is 7. The summed E-state index contributed by atoms with van der Waals surface area (Å²) in [7, 11) is 1.69. The van der Waals surface area contributed by atoms with Crippen LogP contribution in [0.15, 0.2) is 42.5 Å². The lowest BCUT2D eigenvalue weighted by molar-refractivity contribution is -0.131. The van der Waals surface area contributed by atoms with E-state index in [-0.39, 0.29) is 5.91 Å². The van der Waals surface area contributed by atoms with Crippen LogP contribution in [-0.2, 0) is 4.79 Å². The zero-order valence-corrected chi connectivity index (χ0v) is 17.2. The Morgan fingerprint density at radius 3 is 2.54 bits per heavy atom. The van der Waals surface area contributed by atoms with E-state index < -0.39 is 0 Å². The van der Waals surface area contributed by atoms with E-state index in [0.29, 0.717) is 24.5 Å². The number of piperazine rings is 1. The number of carbonyl (C=O) groups is 1. The molecule has 6 heteroatoms. The molecule has 1 aliphatic rings. The van der Waals surface area contributed by atoms with Gasteiger partial charge in [-0.25, -0.2) is 0 Å². The molecule has 150 valence electrons. The molecule has 3 rings (SSSR count). The molecule has 0 N–H and O–H groups in total. The first kappa shape index (κ1) is 20.3. The van der Waals surface area contributed by atoms with E-state index in [1.807, 2.05) is 48.2 Å². The van der Waals surface area contributed by atoms with Crippen molar-refractivity contribution in [3.8, 4) is 11.5 Å². The fourth-order valence-corrected chi connectivity index (χ4v) is 3.65. The number of para-hydroxylation sites is 2. The lowest BCUT2D eigenvalue weighted by Crippen LogP contribution is -2.48. The number of hydrogen-bond donors (Lipinski definition) is 0. The fourth-order valence-electron chi connectivity index (χ4n) is 3.43. The first-order valence-corrected chi connectivity index (χ1v) is 10.0. The molecule has 2 aromatic carbocycles. The average Bonchev–Trinajstić information content (AvgIpc) is 2.72. The van der Waals surface area contributed by atoms with E-state index in [2.05, 4.69) is 11.0 Å². The smallest absolute Gasteiger partial charge is 0.222 e. The molecule has 1 saturated heterocycles. The van der Waals surface area contributed by atoms with Crippen molar-refractivity contribution in [1.82, 2.24) is 4.90 Å². The van der Waals surface area contributed by atoms with Crippen molar-refractivity contribution < 1.29 is 14.3 Å². The molecule has 1 aliphatic heterocycles. The molecule has 2 aromatic rings. The van der Waals surface area contributed by atoms with Crippen molar-refractivity contribution in [2.75, 3.05) is 44.8 Å². The van der Waals surface area contributed by atoms with E-state index >= 15 is 0 Å². The van der Waals surface area contributed by atoms with Gasteiger partial charge in [-0.1, -0.05) is 23.7 Å². The van der Waals surface area contributed by atoms with Crippen LogP contribution in [0.4, 0.5) is 5.69 Å². The summed E-state index contributed by atoms with van der Waals surface area (Å²) in [4.78, 5) is 16.7. The van der Waals surface area contributed by atoms with Gasteiger partial charge in [-0.3, -0.25) is 4.79 Å². The SMILES string of the molecule is COc1ccccc1N1CCN(C(=O)CCCOc2ccc(Cl)cc2C)CC1. The van der Waals surface area contributed by atoms with Gasteiger partial charge in [-0.05, 0) is 49.2 Å². The van der Waals surface area contributed by atoms with E-state index in [1.165, 1.54) is 0 Å². The van der Waals surface area contributed by atoms with Gasteiger partial charge in [0.2, 0.25) is 5.91 Å². The molecule has 0 radical (unpaired) electrons. The summed E-state index contributed by atoms with van der Waals surface area (Å²) in [5.41, 5.74) is 2.09. The van der Waals surface area contributed by atoms with Crippen LogP contribution in [0.5, 0.6) is 11.5 Å².